The van der Waals surface area contributed by atoms with Crippen molar-refractivity contribution in [2.45, 2.75) is 32.7 Å². The van der Waals surface area contributed by atoms with Crippen molar-refractivity contribution in [3.05, 3.63) is 53.3 Å². The number of carbonyl (C=O) groups excluding carboxylic acids is 3. The summed E-state index contributed by atoms with van der Waals surface area (Å²) >= 11 is 0. The van der Waals surface area contributed by atoms with E-state index in [1.807, 2.05) is 25.1 Å². The van der Waals surface area contributed by atoms with Crippen LogP contribution in [0.25, 0.3) is 0 Å². The molecule has 1 unspecified atom stereocenters. The minimum absolute atomic E-state index is 0.160. The first-order valence-electron chi connectivity index (χ1n) is 10.3. The van der Waals surface area contributed by atoms with Crippen LogP contribution in [-0.4, -0.2) is 48.7 Å². The summed E-state index contributed by atoms with van der Waals surface area (Å²) in [5.41, 5.74) is 7.32. The average molecular weight is 454 g/mol. The Morgan fingerprint density at radius 2 is 1.88 bits per heavy atom. The van der Waals surface area contributed by atoms with Gasteiger partial charge in [0.1, 0.15) is 11.8 Å². The molecule has 0 aliphatic carbocycles. The van der Waals surface area contributed by atoms with Gasteiger partial charge in [0, 0.05) is 6.04 Å². The van der Waals surface area contributed by atoms with Crippen molar-refractivity contribution in [2.75, 3.05) is 25.6 Å². The molecular weight excluding hydrogens is 428 g/mol. The number of ether oxygens (including phenoxy) is 3. The van der Waals surface area contributed by atoms with Gasteiger partial charge in [-0.05, 0) is 44.0 Å². The fourth-order valence-electron chi connectivity index (χ4n) is 2.84. The van der Waals surface area contributed by atoms with E-state index >= 15 is 0 Å². The van der Waals surface area contributed by atoms with Crippen molar-refractivity contribution in [1.82, 2.24) is 10.3 Å². The molecule has 33 heavy (non-hydrogen) atoms. The highest BCUT2D eigenvalue weighted by Crippen LogP contribution is 2.14. The summed E-state index contributed by atoms with van der Waals surface area (Å²) < 4.78 is 15.1. The Bertz CT molecular complexity index is 1020. The minimum atomic E-state index is -0.641. The molecule has 2 aromatic rings. The van der Waals surface area contributed by atoms with E-state index in [0.717, 1.165) is 5.56 Å². The summed E-state index contributed by atoms with van der Waals surface area (Å²) in [6, 6.07) is 10.2. The SMILES string of the molecule is CCOC(=O)COc1ccc(CC(C)NC(=O)COC(=O)Cc2cc(C#N)c(N)cn2)cc1. The van der Waals surface area contributed by atoms with Gasteiger partial charge in [0.05, 0.1) is 36.2 Å². The number of nitrogens with two attached hydrogens (primary N) is 1. The summed E-state index contributed by atoms with van der Waals surface area (Å²) in [5.74, 6) is -0.978. The molecule has 3 N–H and O–H groups in total. The van der Waals surface area contributed by atoms with Crippen LogP contribution in [0.4, 0.5) is 5.69 Å². The molecule has 10 nitrogen and oxygen atoms in total. The first-order valence-corrected chi connectivity index (χ1v) is 10.3. The van der Waals surface area contributed by atoms with E-state index in [2.05, 4.69) is 10.3 Å². The number of esters is 2. The number of amides is 1. The molecule has 0 spiro atoms. The number of nitrogens with zero attached hydrogens (tertiary/aromatic N) is 2. The monoisotopic (exact) mass is 454 g/mol. The quantitative estimate of drug-likeness (QED) is 0.478. The third-order valence-corrected chi connectivity index (χ3v) is 4.34. The number of anilines is 1. The lowest BCUT2D eigenvalue weighted by molar-refractivity contribution is -0.148. The van der Waals surface area contributed by atoms with Gasteiger partial charge in [-0.2, -0.15) is 5.26 Å². The number of rotatable bonds is 11. The molecule has 0 aliphatic heterocycles. The van der Waals surface area contributed by atoms with Gasteiger partial charge in [0.15, 0.2) is 13.2 Å². The van der Waals surface area contributed by atoms with Crippen LogP contribution in [0, 0.1) is 11.3 Å². The lowest BCUT2D eigenvalue weighted by Crippen LogP contribution is -2.37. The zero-order valence-corrected chi connectivity index (χ0v) is 18.5. The Hall–Kier alpha value is -4.13. The van der Waals surface area contributed by atoms with Crippen LogP contribution in [0.15, 0.2) is 36.5 Å². The number of hydrogen-bond donors (Lipinski definition) is 2. The van der Waals surface area contributed by atoms with Crippen molar-refractivity contribution in [3.63, 3.8) is 0 Å². The zero-order valence-electron chi connectivity index (χ0n) is 18.5. The number of pyridine rings is 1. The molecule has 10 heteroatoms. The molecule has 0 aliphatic rings. The second-order valence-electron chi connectivity index (χ2n) is 7.12. The highest BCUT2D eigenvalue weighted by Gasteiger charge is 2.13. The third-order valence-electron chi connectivity index (χ3n) is 4.34. The second kappa shape index (κ2) is 12.7. The fourth-order valence-corrected chi connectivity index (χ4v) is 2.84. The molecular formula is C23H26N4O6. The third kappa shape index (κ3) is 8.86. The van der Waals surface area contributed by atoms with Crippen LogP contribution >= 0.6 is 0 Å². The van der Waals surface area contributed by atoms with Gasteiger partial charge in [0.2, 0.25) is 0 Å². The molecule has 1 aromatic carbocycles. The second-order valence-corrected chi connectivity index (χ2v) is 7.12. The van der Waals surface area contributed by atoms with E-state index in [-0.39, 0.29) is 30.3 Å². The summed E-state index contributed by atoms with van der Waals surface area (Å²) in [6.45, 7) is 3.26. The van der Waals surface area contributed by atoms with E-state index < -0.39 is 24.5 Å². The predicted molar refractivity (Wildman–Crippen MR) is 118 cm³/mol. The van der Waals surface area contributed by atoms with Crippen LogP contribution in [0.1, 0.15) is 30.7 Å². The molecule has 1 amide bonds. The van der Waals surface area contributed by atoms with Crippen LogP contribution in [-0.2, 0) is 36.7 Å². The van der Waals surface area contributed by atoms with Gasteiger partial charge < -0.3 is 25.3 Å². The lowest BCUT2D eigenvalue weighted by Gasteiger charge is -2.14. The molecule has 0 radical (unpaired) electrons. The standard InChI is InChI=1S/C23H26N4O6/c1-3-31-23(30)14-32-19-6-4-16(5-7-19)8-15(2)27-21(28)13-33-22(29)10-18-9-17(11-24)20(25)12-26-18/h4-7,9,12,15H,3,8,10,13-14,25H2,1-2H3,(H,27,28). The van der Waals surface area contributed by atoms with Crippen molar-refractivity contribution in [1.29, 1.82) is 5.26 Å². The van der Waals surface area contributed by atoms with E-state index in [0.29, 0.717) is 24.5 Å². The smallest absolute Gasteiger partial charge is 0.344 e. The van der Waals surface area contributed by atoms with E-state index in [9.17, 15) is 14.4 Å². The lowest BCUT2D eigenvalue weighted by atomic mass is 10.1. The Morgan fingerprint density at radius 1 is 1.15 bits per heavy atom. The average Bonchev–Trinajstić information content (AvgIpc) is 2.78. The Kier molecular flexibility index (Phi) is 9.64. The number of benzene rings is 1. The molecule has 1 heterocycles. The Labute approximate surface area is 191 Å². The van der Waals surface area contributed by atoms with Crippen LogP contribution in [0.2, 0.25) is 0 Å². The molecule has 0 saturated carbocycles. The summed E-state index contributed by atoms with van der Waals surface area (Å²) in [5, 5.41) is 11.7. The first-order chi connectivity index (χ1) is 15.8. The first kappa shape index (κ1) is 25.1. The normalized spacial score (nSPS) is 11.1. The van der Waals surface area contributed by atoms with Crippen molar-refractivity contribution in [3.8, 4) is 11.8 Å². The van der Waals surface area contributed by atoms with Crippen LogP contribution < -0.4 is 15.8 Å². The van der Waals surface area contributed by atoms with E-state index in [1.165, 1.54) is 12.3 Å². The van der Waals surface area contributed by atoms with E-state index in [1.54, 1.807) is 19.1 Å². The van der Waals surface area contributed by atoms with Gasteiger partial charge in [-0.25, -0.2) is 4.79 Å². The fraction of sp³-hybridized carbons (Fsp3) is 0.348. The van der Waals surface area contributed by atoms with Gasteiger partial charge in [-0.15, -0.1) is 0 Å². The molecule has 0 fully saturated rings. The maximum Gasteiger partial charge on any atom is 0.344 e. The Balaban J connectivity index is 1.73. The minimum Gasteiger partial charge on any atom is -0.482 e. The van der Waals surface area contributed by atoms with Gasteiger partial charge in [-0.1, -0.05) is 12.1 Å². The molecule has 1 aromatic heterocycles. The zero-order chi connectivity index (χ0) is 24.2. The topological polar surface area (TPSA) is 154 Å². The maximum atomic E-state index is 12.1. The molecule has 174 valence electrons. The number of nitrogens with one attached hydrogen (secondary N) is 1. The highest BCUT2D eigenvalue weighted by atomic mass is 16.6. The molecule has 1 atom stereocenters. The molecule has 2 rings (SSSR count). The molecule has 0 bridgehead atoms. The number of aromatic nitrogens is 1. The summed E-state index contributed by atoms with van der Waals surface area (Å²) in [4.78, 5) is 39.3. The number of nitrogen functional groups attached to an aromatic ring is 1. The Morgan fingerprint density at radius 3 is 2.55 bits per heavy atom. The van der Waals surface area contributed by atoms with Gasteiger partial charge in [0.25, 0.3) is 5.91 Å². The predicted octanol–water partition coefficient (Wildman–Crippen LogP) is 1.31. The van der Waals surface area contributed by atoms with Gasteiger partial charge in [-0.3, -0.25) is 14.6 Å². The maximum absolute atomic E-state index is 12.1. The number of carbonyl (C=O) groups is 3. The highest BCUT2D eigenvalue weighted by molar-refractivity contribution is 5.81. The van der Waals surface area contributed by atoms with Crippen molar-refractivity contribution < 1.29 is 28.6 Å². The molecule has 0 saturated heterocycles. The van der Waals surface area contributed by atoms with Crippen LogP contribution in [0.5, 0.6) is 5.75 Å². The largest absolute Gasteiger partial charge is 0.482 e. The van der Waals surface area contributed by atoms with Crippen molar-refractivity contribution >= 4 is 23.5 Å². The summed E-state index contributed by atoms with van der Waals surface area (Å²) in [6.07, 6.45) is 1.67. The van der Waals surface area contributed by atoms with Crippen LogP contribution in [0.3, 0.4) is 0 Å². The number of nitriles is 1. The number of hydrogen-bond acceptors (Lipinski definition) is 9. The van der Waals surface area contributed by atoms with Gasteiger partial charge >= 0.3 is 11.9 Å². The van der Waals surface area contributed by atoms with E-state index in [4.69, 9.17) is 25.2 Å². The summed E-state index contributed by atoms with van der Waals surface area (Å²) in [7, 11) is 0. The van der Waals surface area contributed by atoms with Crippen molar-refractivity contribution in [2.24, 2.45) is 0 Å².